The van der Waals surface area contributed by atoms with Crippen LogP contribution in [0.25, 0.3) is 10.6 Å². The smallest absolute Gasteiger partial charge is 0.355 e. The van der Waals surface area contributed by atoms with Crippen LogP contribution in [0, 0.1) is 22.9 Å². The number of nitrogens with zero attached hydrogens (tertiary/aromatic N) is 2. The molecule has 3 rings (SSSR count). The minimum atomic E-state index is -0.758. The molecule has 0 unspecified atom stereocenters. The summed E-state index contributed by atoms with van der Waals surface area (Å²) in [5, 5.41) is 11.7. The molecule has 0 radical (unpaired) electrons. The lowest BCUT2D eigenvalue weighted by Crippen LogP contribution is -2.09. The molecule has 3 aromatic rings. The summed E-state index contributed by atoms with van der Waals surface area (Å²) >= 11 is 1.07. The van der Waals surface area contributed by atoms with E-state index in [9.17, 15) is 19.3 Å². The first kappa shape index (κ1) is 18.5. The lowest BCUT2D eigenvalue weighted by molar-refractivity contribution is -0.385. The van der Waals surface area contributed by atoms with E-state index in [1.807, 2.05) is 0 Å². The number of hydrogen-bond donors (Lipinski definition) is 0. The molecule has 0 aliphatic carbocycles. The van der Waals surface area contributed by atoms with Crippen LogP contribution in [0.2, 0.25) is 0 Å². The summed E-state index contributed by atoms with van der Waals surface area (Å²) < 4.78 is 23.2. The molecule has 0 N–H and O–H groups in total. The Labute approximate surface area is 157 Å². The molecule has 0 saturated heterocycles. The Hall–Kier alpha value is -3.33. The molecule has 2 aromatic carbocycles. The van der Waals surface area contributed by atoms with Gasteiger partial charge in [0.2, 0.25) is 5.75 Å². The minimum Gasteiger partial charge on any atom is -0.496 e. The minimum absolute atomic E-state index is 0.193. The summed E-state index contributed by atoms with van der Waals surface area (Å²) in [7, 11) is 1.38. The van der Waals surface area contributed by atoms with Crippen molar-refractivity contribution in [2.75, 3.05) is 7.11 Å². The van der Waals surface area contributed by atoms with E-state index in [0.29, 0.717) is 16.3 Å². The third-order valence-corrected chi connectivity index (χ3v) is 4.83. The maximum atomic E-state index is 13.1. The number of esters is 1. The van der Waals surface area contributed by atoms with Crippen LogP contribution in [-0.2, 0) is 0 Å². The van der Waals surface area contributed by atoms with E-state index >= 15 is 0 Å². The first-order valence-corrected chi connectivity index (χ1v) is 8.48. The molecule has 0 bridgehead atoms. The monoisotopic (exact) mass is 388 g/mol. The predicted octanol–water partition coefficient (Wildman–Crippen LogP) is 4.39. The second-order valence-corrected chi connectivity index (χ2v) is 6.42. The summed E-state index contributed by atoms with van der Waals surface area (Å²) in [5.41, 5.74) is 0.683. The first-order valence-electron chi connectivity index (χ1n) is 7.67. The highest BCUT2D eigenvalue weighted by Crippen LogP contribution is 2.33. The molecule has 7 nitrogen and oxygen atoms in total. The quantitative estimate of drug-likeness (QED) is 0.279. The summed E-state index contributed by atoms with van der Waals surface area (Å²) in [6.07, 6.45) is 0. The number of methoxy groups -OCH3 is 1. The second kappa shape index (κ2) is 7.50. The highest BCUT2D eigenvalue weighted by Gasteiger charge is 2.23. The van der Waals surface area contributed by atoms with Gasteiger partial charge in [0.25, 0.3) is 0 Å². The number of carbonyl (C=O) groups is 1. The molecule has 0 aliphatic rings. The van der Waals surface area contributed by atoms with Crippen LogP contribution in [0.1, 0.15) is 15.4 Å². The molecule has 27 heavy (non-hydrogen) atoms. The van der Waals surface area contributed by atoms with Gasteiger partial charge in [0, 0.05) is 5.56 Å². The number of hydrogen-bond acceptors (Lipinski definition) is 7. The Morgan fingerprint density at radius 2 is 1.93 bits per heavy atom. The van der Waals surface area contributed by atoms with Gasteiger partial charge in [-0.15, -0.1) is 11.3 Å². The van der Waals surface area contributed by atoms with Gasteiger partial charge in [-0.2, -0.15) is 0 Å². The Balaban J connectivity index is 1.89. The Kier molecular flexibility index (Phi) is 5.13. The number of aromatic nitrogens is 1. The molecule has 9 heteroatoms. The van der Waals surface area contributed by atoms with Crippen molar-refractivity contribution in [3.05, 3.63) is 69.0 Å². The van der Waals surface area contributed by atoms with E-state index in [0.717, 1.165) is 11.3 Å². The van der Waals surface area contributed by atoms with Crippen molar-refractivity contribution in [1.29, 1.82) is 0 Å². The molecule has 0 amide bonds. The second-order valence-electron chi connectivity index (χ2n) is 5.42. The van der Waals surface area contributed by atoms with Gasteiger partial charge >= 0.3 is 11.7 Å². The summed E-state index contributed by atoms with van der Waals surface area (Å²) in [6, 6.07) is 9.63. The number of benzene rings is 2. The van der Waals surface area contributed by atoms with Crippen molar-refractivity contribution in [1.82, 2.24) is 4.98 Å². The van der Waals surface area contributed by atoms with Crippen LogP contribution in [-0.4, -0.2) is 23.0 Å². The maximum Gasteiger partial charge on any atom is 0.355 e. The molecule has 138 valence electrons. The Morgan fingerprint density at radius 3 is 2.56 bits per heavy atom. The standard InChI is InChI=1S/C18H13FN2O5S/c1-10-16(27-17(20-10)11-3-5-12(19)6-4-11)18(22)26-15-8-7-13(25-2)9-14(15)21(23)24/h3-9H,1-2H3. The van der Waals surface area contributed by atoms with Crippen molar-refractivity contribution in [2.24, 2.45) is 0 Å². The Bertz CT molecular complexity index is 1020. The lowest BCUT2D eigenvalue weighted by Gasteiger charge is -2.06. The third kappa shape index (κ3) is 3.93. The van der Waals surface area contributed by atoms with Crippen molar-refractivity contribution in [3.63, 3.8) is 0 Å². The van der Waals surface area contributed by atoms with Crippen LogP contribution >= 0.6 is 11.3 Å². The number of nitro groups is 1. The fourth-order valence-corrected chi connectivity index (χ4v) is 3.25. The average Bonchev–Trinajstić information content (AvgIpc) is 3.04. The van der Waals surface area contributed by atoms with Gasteiger partial charge in [0.05, 0.1) is 23.8 Å². The van der Waals surface area contributed by atoms with E-state index in [1.54, 1.807) is 19.1 Å². The van der Waals surface area contributed by atoms with Gasteiger partial charge in [-0.25, -0.2) is 14.2 Å². The molecule has 1 aromatic heterocycles. The summed E-state index contributed by atoms with van der Waals surface area (Å²) in [6.45, 7) is 1.63. The topological polar surface area (TPSA) is 91.6 Å². The fourth-order valence-electron chi connectivity index (χ4n) is 2.30. The SMILES string of the molecule is COc1ccc(OC(=O)c2sc(-c3ccc(F)cc3)nc2C)c([N+](=O)[O-])c1. The molecule has 0 spiro atoms. The van der Waals surface area contributed by atoms with Gasteiger partial charge in [0.1, 0.15) is 21.5 Å². The van der Waals surface area contributed by atoms with Crippen molar-refractivity contribution in [3.8, 4) is 22.1 Å². The van der Waals surface area contributed by atoms with Crippen LogP contribution < -0.4 is 9.47 Å². The fraction of sp³-hybridized carbons (Fsp3) is 0.111. The van der Waals surface area contributed by atoms with Gasteiger partial charge in [-0.05, 0) is 43.3 Å². The van der Waals surface area contributed by atoms with Crippen molar-refractivity contribution < 1.29 is 23.6 Å². The molecule has 1 heterocycles. The summed E-state index contributed by atoms with van der Waals surface area (Å²) in [5.74, 6) is -1.05. The lowest BCUT2D eigenvalue weighted by atomic mass is 10.2. The Morgan fingerprint density at radius 1 is 1.22 bits per heavy atom. The molecule has 0 atom stereocenters. The number of rotatable bonds is 5. The van der Waals surface area contributed by atoms with Gasteiger partial charge in [-0.3, -0.25) is 10.1 Å². The maximum absolute atomic E-state index is 13.1. The highest BCUT2D eigenvalue weighted by molar-refractivity contribution is 7.17. The summed E-state index contributed by atoms with van der Waals surface area (Å²) in [4.78, 5) is 27.6. The number of carbonyl (C=O) groups excluding carboxylic acids is 1. The van der Waals surface area contributed by atoms with E-state index in [1.165, 1.54) is 37.4 Å². The van der Waals surface area contributed by atoms with E-state index in [-0.39, 0.29) is 27.9 Å². The van der Waals surface area contributed by atoms with E-state index < -0.39 is 10.9 Å². The van der Waals surface area contributed by atoms with Crippen molar-refractivity contribution in [2.45, 2.75) is 6.92 Å². The van der Waals surface area contributed by atoms with Crippen LogP contribution in [0.5, 0.6) is 11.5 Å². The molecular weight excluding hydrogens is 375 g/mol. The number of halogens is 1. The van der Waals surface area contributed by atoms with Crippen LogP contribution in [0.4, 0.5) is 10.1 Å². The van der Waals surface area contributed by atoms with E-state index in [2.05, 4.69) is 4.98 Å². The number of thiazole rings is 1. The van der Waals surface area contributed by atoms with Gasteiger partial charge in [-0.1, -0.05) is 0 Å². The molecule has 0 aliphatic heterocycles. The van der Waals surface area contributed by atoms with Gasteiger partial charge in [0.15, 0.2) is 0 Å². The average molecular weight is 388 g/mol. The first-order chi connectivity index (χ1) is 12.9. The van der Waals surface area contributed by atoms with Gasteiger partial charge < -0.3 is 9.47 Å². The number of ether oxygens (including phenoxy) is 2. The molecule has 0 saturated carbocycles. The number of aryl methyl sites for hydroxylation is 1. The van der Waals surface area contributed by atoms with E-state index in [4.69, 9.17) is 9.47 Å². The predicted molar refractivity (Wildman–Crippen MR) is 96.9 cm³/mol. The zero-order valence-electron chi connectivity index (χ0n) is 14.3. The van der Waals surface area contributed by atoms with Crippen LogP contribution in [0.3, 0.4) is 0 Å². The third-order valence-electron chi connectivity index (χ3n) is 3.64. The zero-order valence-corrected chi connectivity index (χ0v) is 15.1. The normalized spacial score (nSPS) is 10.5. The molecule has 0 fully saturated rings. The number of nitro benzene ring substituents is 1. The van der Waals surface area contributed by atoms with Crippen molar-refractivity contribution >= 4 is 23.0 Å². The largest absolute Gasteiger partial charge is 0.496 e. The zero-order chi connectivity index (χ0) is 19.6. The highest BCUT2D eigenvalue weighted by atomic mass is 32.1. The molecular formula is C18H13FN2O5S. The van der Waals surface area contributed by atoms with Crippen LogP contribution in [0.15, 0.2) is 42.5 Å².